The molecule has 0 aliphatic carbocycles. The first-order valence-corrected chi connectivity index (χ1v) is 10.3. The van der Waals surface area contributed by atoms with Crippen molar-refractivity contribution >= 4 is 27.5 Å². The topological polar surface area (TPSA) is 58.4 Å². The first-order chi connectivity index (χ1) is 13.5. The summed E-state index contributed by atoms with van der Waals surface area (Å²) in [4.78, 5) is 35.4. The average Bonchev–Trinajstić information content (AvgIpc) is 3.04. The first-order valence-electron chi connectivity index (χ1n) is 9.46. The zero-order valence-electron chi connectivity index (χ0n) is 16.4. The van der Waals surface area contributed by atoms with Gasteiger partial charge in [-0.2, -0.15) is 0 Å². The summed E-state index contributed by atoms with van der Waals surface area (Å²) in [5.41, 5.74) is 3.29. The van der Waals surface area contributed by atoms with Crippen molar-refractivity contribution in [2.75, 3.05) is 26.2 Å². The van der Waals surface area contributed by atoms with Gasteiger partial charge in [-0.05, 0) is 30.5 Å². The Labute approximate surface area is 168 Å². The molecule has 0 spiro atoms. The van der Waals surface area contributed by atoms with Crippen LogP contribution in [0.2, 0.25) is 0 Å². The summed E-state index contributed by atoms with van der Waals surface area (Å²) in [5.74, 6) is 0.0121. The number of benzene rings is 1. The van der Waals surface area contributed by atoms with Gasteiger partial charge in [-0.3, -0.25) is 14.5 Å². The van der Waals surface area contributed by atoms with E-state index in [1.54, 1.807) is 7.05 Å². The highest BCUT2D eigenvalue weighted by molar-refractivity contribution is 7.20. The van der Waals surface area contributed by atoms with Crippen LogP contribution in [0, 0.1) is 13.8 Å². The molecular formula is C21H24N4O2S. The molecule has 0 saturated carbocycles. The molecule has 0 atom stereocenters. The molecule has 0 unspecified atom stereocenters. The van der Waals surface area contributed by atoms with E-state index in [2.05, 4.69) is 41.1 Å². The first kappa shape index (κ1) is 18.8. The number of hydrogen-bond acceptors (Lipinski definition) is 5. The molecule has 1 aliphatic heterocycles. The predicted molar refractivity (Wildman–Crippen MR) is 112 cm³/mol. The lowest BCUT2D eigenvalue weighted by Gasteiger charge is -2.35. The van der Waals surface area contributed by atoms with Gasteiger partial charge in [0.15, 0.2) is 0 Å². The van der Waals surface area contributed by atoms with Gasteiger partial charge in [0.1, 0.15) is 4.83 Å². The summed E-state index contributed by atoms with van der Waals surface area (Å²) in [6.07, 6.45) is 1.51. The SMILES string of the molecule is Cc1ccccc1CN1CCN(C(=O)c2sc3ncn(C)c(=O)c3c2C)CC1. The lowest BCUT2D eigenvalue weighted by Crippen LogP contribution is -2.48. The van der Waals surface area contributed by atoms with Crippen molar-refractivity contribution < 1.29 is 4.79 Å². The molecular weight excluding hydrogens is 372 g/mol. The van der Waals surface area contributed by atoms with Crippen molar-refractivity contribution in [2.24, 2.45) is 7.05 Å². The summed E-state index contributed by atoms with van der Waals surface area (Å²) in [6.45, 7) is 8.00. The van der Waals surface area contributed by atoms with Crippen LogP contribution in [-0.4, -0.2) is 51.4 Å². The number of aromatic nitrogens is 2. The monoisotopic (exact) mass is 396 g/mol. The Bertz CT molecular complexity index is 1090. The molecule has 1 amide bonds. The van der Waals surface area contributed by atoms with Gasteiger partial charge in [0.25, 0.3) is 11.5 Å². The molecule has 146 valence electrons. The summed E-state index contributed by atoms with van der Waals surface area (Å²) >= 11 is 1.32. The van der Waals surface area contributed by atoms with Crippen LogP contribution in [0.5, 0.6) is 0 Å². The fraction of sp³-hybridized carbons (Fsp3) is 0.381. The Morgan fingerprint density at radius 3 is 2.57 bits per heavy atom. The van der Waals surface area contributed by atoms with Gasteiger partial charge in [0.05, 0.1) is 16.6 Å². The molecule has 3 aromatic rings. The van der Waals surface area contributed by atoms with Crippen molar-refractivity contribution in [3.8, 4) is 0 Å². The second-order valence-corrected chi connectivity index (χ2v) is 8.39. The maximum atomic E-state index is 13.1. The maximum absolute atomic E-state index is 13.1. The van der Waals surface area contributed by atoms with Crippen LogP contribution >= 0.6 is 11.3 Å². The minimum atomic E-state index is -0.0964. The van der Waals surface area contributed by atoms with Crippen LogP contribution in [0.1, 0.15) is 26.4 Å². The highest BCUT2D eigenvalue weighted by Gasteiger charge is 2.26. The molecule has 0 radical (unpaired) electrons. The van der Waals surface area contributed by atoms with Crippen molar-refractivity contribution in [1.82, 2.24) is 19.4 Å². The third-order valence-corrected chi connectivity index (χ3v) is 6.71. The number of aryl methyl sites for hydroxylation is 3. The van der Waals surface area contributed by atoms with E-state index in [0.29, 0.717) is 28.2 Å². The molecule has 0 bridgehead atoms. The third kappa shape index (κ3) is 3.36. The van der Waals surface area contributed by atoms with Crippen molar-refractivity contribution in [3.05, 3.63) is 62.5 Å². The predicted octanol–water partition coefficient (Wildman–Crippen LogP) is 2.57. The number of amides is 1. The molecule has 7 heteroatoms. The minimum absolute atomic E-state index is 0.0121. The van der Waals surface area contributed by atoms with Crippen LogP contribution in [-0.2, 0) is 13.6 Å². The lowest BCUT2D eigenvalue weighted by atomic mass is 10.1. The Kier molecular flexibility index (Phi) is 5.03. The standard InChI is InChI=1S/C21H24N4O2S/c1-14-6-4-5-7-16(14)12-24-8-10-25(11-9-24)21(27)18-15(2)17-19(28-18)22-13-23(3)20(17)26/h4-7,13H,8-12H2,1-3H3. The van der Waals surface area contributed by atoms with Crippen molar-refractivity contribution in [3.63, 3.8) is 0 Å². The Hall–Kier alpha value is -2.51. The number of carbonyl (C=O) groups is 1. The molecule has 6 nitrogen and oxygen atoms in total. The van der Waals surface area contributed by atoms with Gasteiger partial charge in [-0.1, -0.05) is 24.3 Å². The number of rotatable bonds is 3. The van der Waals surface area contributed by atoms with Crippen LogP contribution in [0.25, 0.3) is 10.2 Å². The number of carbonyl (C=O) groups excluding carboxylic acids is 1. The maximum Gasteiger partial charge on any atom is 0.264 e. The molecule has 4 rings (SSSR count). The van der Waals surface area contributed by atoms with Gasteiger partial charge in [-0.25, -0.2) is 4.98 Å². The summed E-state index contributed by atoms with van der Waals surface area (Å²) in [5, 5.41) is 0.566. The van der Waals surface area contributed by atoms with E-state index in [1.807, 2.05) is 11.8 Å². The number of nitrogens with zero attached hydrogens (tertiary/aromatic N) is 4. The van der Waals surface area contributed by atoms with E-state index < -0.39 is 0 Å². The summed E-state index contributed by atoms with van der Waals surface area (Å²) in [7, 11) is 1.68. The average molecular weight is 397 g/mol. The molecule has 1 saturated heterocycles. The molecule has 28 heavy (non-hydrogen) atoms. The Morgan fingerprint density at radius 1 is 1.14 bits per heavy atom. The normalized spacial score (nSPS) is 15.3. The van der Waals surface area contributed by atoms with Crippen LogP contribution in [0.15, 0.2) is 35.4 Å². The third-order valence-electron chi connectivity index (χ3n) is 5.52. The van der Waals surface area contributed by atoms with E-state index >= 15 is 0 Å². The highest BCUT2D eigenvalue weighted by atomic mass is 32.1. The second kappa shape index (κ2) is 7.48. The molecule has 0 N–H and O–H groups in total. The summed E-state index contributed by atoms with van der Waals surface area (Å²) in [6, 6.07) is 8.44. The van der Waals surface area contributed by atoms with Gasteiger partial charge >= 0.3 is 0 Å². The molecule has 2 aromatic heterocycles. The zero-order chi connectivity index (χ0) is 19.8. The number of hydrogen-bond donors (Lipinski definition) is 0. The van der Waals surface area contributed by atoms with Crippen LogP contribution in [0.3, 0.4) is 0 Å². The van der Waals surface area contributed by atoms with Crippen LogP contribution < -0.4 is 5.56 Å². The van der Waals surface area contributed by atoms with Gasteiger partial charge in [0, 0.05) is 39.8 Å². The van der Waals surface area contributed by atoms with Crippen molar-refractivity contribution in [1.29, 1.82) is 0 Å². The number of thiophene rings is 1. The largest absolute Gasteiger partial charge is 0.335 e. The number of piperazine rings is 1. The van der Waals surface area contributed by atoms with E-state index in [1.165, 1.54) is 33.4 Å². The zero-order valence-corrected chi connectivity index (χ0v) is 17.3. The quantitative estimate of drug-likeness (QED) is 0.683. The van der Waals surface area contributed by atoms with E-state index in [4.69, 9.17) is 0 Å². The Morgan fingerprint density at radius 2 is 1.86 bits per heavy atom. The van der Waals surface area contributed by atoms with Gasteiger partial charge < -0.3 is 9.47 Å². The highest BCUT2D eigenvalue weighted by Crippen LogP contribution is 2.28. The van der Waals surface area contributed by atoms with E-state index in [-0.39, 0.29) is 11.5 Å². The number of fused-ring (bicyclic) bond motifs is 1. The van der Waals surface area contributed by atoms with E-state index in [9.17, 15) is 9.59 Å². The van der Waals surface area contributed by atoms with Gasteiger partial charge in [-0.15, -0.1) is 11.3 Å². The molecule has 1 aliphatic rings. The summed E-state index contributed by atoms with van der Waals surface area (Å²) < 4.78 is 1.46. The van der Waals surface area contributed by atoms with Crippen LogP contribution in [0.4, 0.5) is 0 Å². The minimum Gasteiger partial charge on any atom is -0.335 e. The Balaban J connectivity index is 1.48. The fourth-order valence-corrected chi connectivity index (χ4v) is 4.80. The van der Waals surface area contributed by atoms with Crippen molar-refractivity contribution in [2.45, 2.75) is 20.4 Å². The molecule has 1 aromatic carbocycles. The lowest BCUT2D eigenvalue weighted by molar-refractivity contribution is 0.0632. The van der Waals surface area contributed by atoms with E-state index in [0.717, 1.165) is 25.2 Å². The smallest absolute Gasteiger partial charge is 0.264 e. The molecule has 1 fully saturated rings. The second-order valence-electron chi connectivity index (χ2n) is 7.39. The van der Waals surface area contributed by atoms with Gasteiger partial charge in [0.2, 0.25) is 0 Å². The fourth-order valence-electron chi connectivity index (χ4n) is 3.69. The molecule has 3 heterocycles.